The number of carbonyl (C=O) groups is 2. The predicted octanol–water partition coefficient (Wildman–Crippen LogP) is 2.29. The van der Waals surface area contributed by atoms with Gasteiger partial charge in [-0.3, -0.25) is 9.59 Å². The summed E-state index contributed by atoms with van der Waals surface area (Å²) in [7, 11) is 1.54. The molecule has 2 rings (SSSR count). The lowest BCUT2D eigenvalue weighted by molar-refractivity contribution is -0.130. The molecule has 1 atom stereocenters. The number of amides is 1. The first-order valence-electron chi connectivity index (χ1n) is 8.34. The summed E-state index contributed by atoms with van der Waals surface area (Å²) >= 11 is 0. The normalized spacial score (nSPS) is 16.3. The summed E-state index contributed by atoms with van der Waals surface area (Å²) < 4.78 is 10.9. The molecule has 2 N–H and O–H groups in total. The summed E-state index contributed by atoms with van der Waals surface area (Å²) in [6.45, 7) is 4.16. The minimum absolute atomic E-state index is 0. The van der Waals surface area contributed by atoms with Gasteiger partial charge in [0.15, 0.2) is 17.3 Å². The summed E-state index contributed by atoms with van der Waals surface area (Å²) in [6, 6.07) is 5.10. The van der Waals surface area contributed by atoms with E-state index in [2.05, 4.69) is 0 Å². The van der Waals surface area contributed by atoms with Gasteiger partial charge >= 0.3 is 0 Å². The smallest absolute Gasteiger partial charge is 0.222 e. The third kappa shape index (κ3) is 5.90. The van der Waals surface area contributed by atoms with E-state index in [-0.39, 0.29) is 24.1 Å². The van der Waals surface area contributed by atoms with Crippen LogP contribution in [0.3, 0.4) is 0 Å². The number of benzene rings is 1. The molecule has 0 aromatic heterocycles. The van der Waals surface area contributed by atoms with Crippen LogP contribution in [0, 0.1) is 5.92 Å². The highest BCUT2D eigenvalue weighted by Gasteiger charge is 2.24. The monoisotopic (exact) mass is 370 g/mol. The summed E-state index contributed by atoms with van der Waals surface area (Å²) in [6.07, 6.45) is 2.10. The van der Waals surface area contributed by atoms with Gasteiger partial charge < -0.3 is 20.1 Å². The fraction of sp³-hybridized carbons (Fsp3) is 0.556. The van der Waals surface area contributed by atoms with Gasteiger partial charge in [-0.1, -0.05) is 0 Å². The molecule has 7 heteroatoms. The largest absolute Gasteiger partial charge is 0.493 e. The van der Waals surface area contributed by atoms with Crippen molar-refractivity contribution in [2.45, 2.75) is 26.2 Å². The van der Waals surface area contributed by atoms with Crippen LogP contribution in [0.2, 0.25) is 0 Å². The number of Topliss-reactive ketones (excluding diaryl/α,β-unsaturated/α-hetero) is 1. The van der Waals surface area contributed by atoms with Crippen molar-refractivity contribution in [1.29, 1.82) is 0 Å². The van der Waals surface area contributed by atoms with E-state index in [0.29, 0.717) is 49.0 Å². The van der Waals surface area contributed by atoms with Crippen molar-refractivity contribution in [3.05, 3.63) is 23.8 Å². The van der Waals surface area contributed by atoms with Crippen LogP contribution in [0.25, 0.3) is 0 Å². The standard InChI is InChI=1S/C18H26N2O4.ClH/c1-13(21)15-5-6-16(17(10-15)23-2)24-9-3-4-18(22)20-8-7-14(11-19)12-20;/h5-6,10,14H,3-4,7-9,11-12,19H2,1-2H3;1H. The second kappa shape index (κ2) is 10.3. The zero-order valence-corrected chi connectivity index (χ0v) is 15.6. The number of likely N-dealkylation sites (tertiary alicyclic amines) is 1. The Bertz CT molecular complexity index is 594. The zero-order valence-electron chi connectivity index (χ0n) is 14.8. The van der Waals surface area contributed by atoms with Gasteiger partial charge in [-0.2, -0.15) is 0 Å². The minimum atomic E-state index is -0.0214. The lowest BCUT2D eigenvalue weighted by atomic mass is 10.1. The first-order chi connectivity index (χ1) is 11.5. The summed E-state index contributed by atoms with van der Waals surface area (Å²) in [5.41, 5.74) is 6.23. The number of ketones is 1. The molecule has 1 heterocycles. The Morgan fingerprint density at radius 1 is 1.32 bits per heavy atom. The van der Waals surface area contributed by atoms with E-state index in [1.54, 1.807) is 18.2 Å². The van der Waals surface area contributed by atoms with E-state index in [1.807, 2.05) is 4.90 Å². The van der Waals surface area contributed by atoms with Crippen LogP contribution in [-0.2, 0) is 4.79 Å². The van der Waals surface area contributed by atoms with Crippen molar-refractivity contribution in [3.8, 4) is 11.5 Å². The summed E-state index contributed by atoms with van der Waals surface area (Å²) in [4.78, 5) is 25.4. The van der Waals surface area contributed by atoms with E-state index in [1.165, 1.54) is 14.0 Å². The molecule has 0 saturated carbocycles. The third-order valence-corrected chi connectivity index (χ3v) is 4.33. The molecule has 1 aliphatic heterocycles. The number of hydrogen-bond donors (Lipinski definition) is 1. The Kier molecular flexibility index (Phi) is 8.72. The zero-order chi connectivity index (χ0) is 17.5. The lowest BCUT2D eigenvalue weighted by Crippen LogP contribution is -2.29. The third-order valence-electron chi connectivity index (χ3n) is 4.33. The van der Waals surface area contributed by atoms with Gasteiger partial charge in [0.05, 0.1) is 13.7 Å². The van der Waals surface area contributed by atoms with Gasteiger partial charge in [-0.05, 0) is 50.4 Å². The number of nitrogens with two attached hydrogens (primary N) is 1. The van der Waals surface area contributed by atoms with Crippen molar-refractivity contribution < 1.29 is 19.1 Å². The molecular weight excluding hydrogens is 344 g/mol. The van der Waals surface area contributed by atoms with Gasteiger partial charge in [0, 0.05) is 25.1 Å². The first-order valence-corrected chi connectivity index (χ1v) is 8.34. The van der Waals surface area contributed by atoms with Crippen molar-refractivity contribution >= 4 is 24.1 Å². The number of carbonyl (C=O) groups excluding carboxylic acids is 2. The Morgan fingerprint density at radius 2 is 2.08 bits per heavy atom. The Labute approximate surface area is 155 Å². The van der Waals surface area contributed by atoms with Crippen LogP contribution in [0.15, 0.2) is 18.2 Å². The summed E-state index contributed by atoms with van der Waals surface area (Å²) in [5.74, 6) is 1.69. The molecule has 0 aliphatic carbocycles. The number of nitrogens with zero attached hydrogens (tertiary/aromatic N) is 1. The van der Waals surface area contributed by atoms with Crippen LogP contribution >= 0.6 is 12.4 Å². The van der Waals surface area contributed by atoms with E-state index < -0.39 is 0 Å². The van der Waals surface area contributed by atoms with Crippen LogP contribution in [0.4, 0.5) is 0 Å². The molecule has 1 fully saturated rings. The highest BCUT2D eigenvalue weighted by Crippen LogP contribution is 2.28. The fourth-order valence-electron chi connectivity index (χ4n) is 2.82. The Balaban J connectivity index is 0.00000312. The highest BCUT2D eigenvalue weighted by atomic mass is 35.5. The minimum Gasteiger partial charge on any atom is -0.493 e. The van der Waals surface area contributed by atoms with Crippen LogP contribution in [0.1, 0.15) is 36.5 Å². The molecule has 25 heavy (non-hydrogen) atoms. The van der Waals surface area contributed by atoms with Crippen molar-refractivity contribution in [2.75, 3.05) is 33.4 Å². The number of hydrogen-bond acceptors (Lipinski definition) is 5. The molecule has 1 aromatic rings. The Hall–Kier alpha value is -1.79. The predicted molar refractivity (Wildman–Crippen MR) is 98.7 cm³/mol. The SMILES string of the molecule is COc1cc(C(C)=O)ccc1OCCCC(=O)N1CCC(CN)C1.Cl. The Morgan fingerprint density at radius 3 is 2.68 bits per heavy atom. The van der Waals surface area contributed by atoms with Gasteiger partial charge in [-0.15, -0.1) is 12.4 Å². The van der Waals surface area contributed by atoms with Gasteiger partial charge in [0.1, 0.15) is 0 Å². The van der Waals surface area contributed by atoms with E-state index in [0.717, 1.165) is 19.5 Å². The van der Waals surface area contributed by atoms with Crippen molar-refractivity contribution in [2.24, 2.45) is 11.7 Å². The van der Waals surface area contributed by atoms with Gasteiger partial charge in [0.25, 0.3) is 0 Å². The van der Waals surface area contributed by atoms with Crippen LogP contribution in [0.5, 0.6) is 11.5 Å². The molecule has 1 unspecified atom stereocenters. The lowest BCUT2D eigenvalue weighted by Gasteiger charge is -2.16. The van der Waals surface area contributed by atoms with E-state index >= 15 is 0 Å². The molecule has 0 spiro atoms. The average molecular weight is 371 g/mol. The topological polar surface area (TPSA) is 81.9 Å². The maximum absolute atomic E-state index is 12.1. The molecule has 1 amide bonds. The highest BCUT2D eigenvalue weighted by molar-refractivity contribution is 5.94. The second-order valence-corrected chi connectivity index (χ2v) is 6.10. The maximum Gasteiger partial charge on any atom is 0.222 e. The molecule has 0 bridgehead atoms. The number of rotatable bonds is 8. The van der Waals surface area contributed by atoms with E-state index in [9.17, 15) is 9.59 Å². The maximum atomic E-state index is 12.1. The number of methoxy groups -OCH3 is 1. The first kappa shape index (κ1) is 21.3. The van der Waals surface area contributed by atoms with Gasteiger partial charge in [0.2, 0.25) is 5.91 Å². The molecule has 1 aromatic carbocycles. The van der Waals surface area contributed by atoms with Crippen molar-refractivity contribution in [1.82, 2.24) is 4.90 Å². The average Bonchev–Trinajstić information content (AvgIpc) is 3.07. The number of ether oxygens (including phenoxy) is 2. The fourth-order valence-corrected chi connectivity index (χ4v) is 2.82. The molecular formula is C18H27ClN2O4. The molecule has 140 valence electrons. The molecule has 6 nitrogen and oxygen atoms in total. The molecule has 1 aliphatic rings. The summed E-state index contributed by atoms with van der Waals surface area (Å²) in [5, 5.41) is 0. The molecule has 0 radical (unpaired) electrons. The van der Waals surface area contributed by atoms with Crippen LogP contribution < -0.4 is 15.2 Å². The quantitative estimate of drug-likeness (QED) is 0.560. The van der Waals surface area contributed by atoms with Crippen LogP contribution in [-0.4, -0.2) is 49.9 Å². The van der Waals surface area contributed by atoms with Gasteiger partial charge in [-0.25, -0.2) is 0 Å². The number of halogens is 1. The second-order valence-electron chi connectivity index (χ2n) is 6.10. The van der Waals surface area contributed by atoms with E-state index in [4.69, 9.17) is 15.2 Å². The molecule has 1 saturated heterocycles. The van der Waals surface area contributed by atoms with Crippen molar-refractivity contribution in [3.63, 3.8) is 0 Å².